The number of fused-ring (bicyclic) bond motifs is 1. The van der Waals surface area contributed by atoms with Crippen LogP contribution in [0.4, 0.5) is 4.79 Å². The lowest BCUT2D eigenvalue weighted by atomic mass is 10.2. The Morgan fingerprint density at radius 3 is 2.52 bits per heavy atom. The summed E-state index contributed by atoms with van der Waals surface area (Å²) < 4.78 is 0. The minimum absolute atomic E-state index is 0.0395. The van der Waals surface area contributed by atoms with Crippen molar-refractivity contribution in [3.8, 4) is 0 Å². The lowest BCUT2D eigenvalue weighted by Gasteiger charge is -2.20. The van der Waals surface area contributed by atoms with Gasteiger partial charge in [0, 0.05) is 50.4 Å². The fraction of sp³-hybridized carbons (Fsp3) is 0.450. The molecule has 6 nitrogen and oxygen atoms in total. The maximum absolute atomic E-state index is 12.5. The predicted molar refractivity (Wildman–Crippen MR) is 105 cm³/mol. The fourth-order valence-electron chi connectivity index (χ4n) is 3.60. The molecule has 0 radical (unpaired) electrons. The van der Waals surface area contributed by atoms with Gasteiger partial charge in [-0.3, -0.25) is 4.79 Å². The second kappa shape index (κ2) is 8.08. The van der Waals surface area contributed by atoms with Crippen molar-refractivity contribution in [2.24, 2.45) is 0 Å². The van der Waals surface area contributed by atoms with Crippen molar-refractivity contribution < 1.29 is 9.59 Å². The van der Waals surface area contributed by atoms with Crippen molar-refractivity contribution in [3.63, 3.8) is 0 Å². The van der Waals surface area contributed by atoms with Gasteiger partial charge in [0.2, 0.25) is 0 Å². The van der Waals surface area contributed by atoms with Gasteiger partial charge in [0.1, 0.15) is 0 Å². The largest absolute Gasteiger partial charge is 0.337 e. The SMILES string of the molecule is O=C(NCc1ccccc1)N1CCc2nc(C(=O)N3CCCC3)sc2CC1. The molecular formula is C20H24N4O2S. The first kappa shape index (κ1) is 18.0. The molecule has 1 aromatic heterocycles. The Balaban J connectivity index is 1.34. The van der Waals surface area contributed by atoms with Gasteiger partial charge in [0.05, 0.1) is 5.69 Å². The lowest BCUT2D eigenvalue weighted by molar-refractivity contribution is 0.0792. The third-order valence-corrected chi connectivity index (χ3v) is 6.30. The number of aromatic nitrogens is 1. The van der Waals surface area contributed by atoms with Crippen LogP contribution in [0.5, 0.6) is 0 Å². The van der Waals surface area contributed by atoms with Crippen molar-refractivity contribution >= 4 is 23.3 Å². The van der Waals surface area contributed by atoms with Crippen LogP contribution in [0.1, 0.15) is 38.8 Å². The summed E-state index contributed by atoms with van der Waals surface area (Å²) in [7, 11) is 0. The van der Waals surface area contributed by atoms with Crippen LogP contribution in [0, 0.1) is 0 Å². The first-order valence-corrected chi connectivity index (χ1v) is 10.4. The maximum Gasteiger partial charge on any atom is 0.317 e. The molecule has 0 spiro atoms. The summed E-state index contributed by atoms with van der Waals surface area (Å²) in [6, 6.07) is 9.87. The number of hydrogen-bond donors (Lipinski definition) is 1. The molecule has 3 amide bonds. The second-order valence-electron chi connectivity index (χ2n) is 7.02. The number of nitrogens with zero attached hydrogens (tertiary/aromatic N) is 3. The molecule has 2 aromatic rings. The van der Waals surface area contributed by atoms with Crippen molar-refractivity contribution in [1.82, 2.24) is 20.1 Å². The molecule has 27 heavy (non-hydrogen) atoms. The van der Waals surface area contributed by atoms with Gasteiger partial charge >= 0.3 is 6.03 Å². The van der Waals surface area contributed by atoms with Gasteiger partial charge < -0.3 is 15.1 Å². The summed E-state index contributed by atoms with van der Waals surface area (Å²) in [4.78, 5) is 34.5. The molecule has 142 valence electrons. The summed E-state index contributed by atoms with van der Waals surface area (Å²) in [5, 5.41) is 3.61. The summed E-state index contributed by atoms with van der Waals surface area (Å²) in [6.07, 6.45) is 3.64. The highest BCUT2D eigenvalue weighted by molar-refractivity contribution is 7.13. The van der Waals surface area contributed by atoms with E-state index < -0.39 is 0 Å². The van der Waals surface area contributed by atoms with E-state index in [9.17, 15) is 9.59 Å². The minimum Gasteiger partial charge on any atom is -0.337 e. The van der Waals surface area contributed by atoms with E-state index in [0.717, 1.165) is 48.5 Å². The Hall–Kier alpha value is -2.41. The molecule has 4 rings (SSSR count). The third-order valence-electron chi connectivity index (χ3n) is 5.16. The van der Waals surface area contributed by atoms with E-state index in [2.05, 4.69) is 10.3 Å². The molecule has 1 fully saturated rings. The van der Waals surface area contributed by atoms with Crippen molar-refractivity contribution in [2.45, 2.75) is 32.2 Å². The summed E-state index contributed by atoms with van der Waals surface area (Å²) in [5.41, 5.74) is 2.08. The monoisotopic (exact) mass is 384 g/mol. The molecule has 0 atom stereocenters. The maximum atomic E-state index is 12.5. The Morgan fingerprint density at radius 2 is 1.74 bits per heavy atom. The second-order valence-corrected chi connectivity index (χ2v) is 8.10. The van der Waals surface area contributed by atoms with Gasteiger partial charge in [0.15, 0.2) is 5.01 Å². The van der Waals surface area contributed by atoms with Crippen LogP contribution in [-0.2, 0) is 19.4 Å². The zero-order chi connectivity index (χ0) is 18.6. The lowest BCUT2D eigenvalue weighted by Crippen LogP contribution is -2.41. The van der Waals surface area contributed by atoms with Crippen LogP contribution in [-0.4, -0.2) is 52.9 Å². The molecule has 3 heterocycles. The number of thiazole rings is 1. The highest BCUT2D eigenvalue weighted by atomic mass is 32.1. The Kier molecular flexibility index (Phi) is 5.38. The van der Waals surface area contributed by atoms with E-state index in [4.69, 9.17) is 0 Å². The molecule has 1 saturated heterocycles. The van der Waals surface area contributed by atoms with Gasteiger partial charge in [-0.15, -0.1) is 11.3 Å². The van der Waals surface area contributed by atoms with E-state index in [1.165, 1.54) is 11.3 Å². The zero-order valence-electron chi connectivity index (χ0n) is 15.3. The van der Waals surface area contributed by atoms with Gasteiger partial charge in [-0.25, -0.2) is 9.78 Å². The minimum atomic E-state index is -0.0395. The number of rotatable bonds is 3. The number of amides is 3. The number of benzene rings is 1. The number of carbonyl (C=O) groups is 2. The molecule has 0 unspecified atom stereocenters. The molecule has 2 aliphatic heterocycles. The number of urea groups is 1. The van der Waals surface area contributed by atoms with E-state index in [-0.39, 0.29) is 11.9 Å². The van der Waals surface area contributed by atoms with Crippen LogP contribution in [0.3, 0.4) is 0 Å². The van der Waals surface area contributed by atoms with E-state index in [0.29, 0.717) is 31.1 Å². The van der Waals surface area contributed by atoms with Gasteiger partial charge in [-0.1, -0.05) is 30.3 Å². The first-order chi connectivity index (χ1) is 13.2. The number of hydrogen-bond acceptors (Lipinski definition) is 4. The first-order valence-electron chi connectivity index (χ1n) is 9.55. The zero-order valence-corrected chi connectivity index (χ0v) is 16.1. The molecule has 0 bridgehead atoms. The van der Waals surface area contributed by atoms with Gasteiger partial charge in [-0.05, 0) is 18.4 Å². The summed E-state index contributed by atoms with van der Waals surface area (Å²) in [6.45, 7) is 3.52. The predicted octanol–water partition coefficient (Wildman–Crippen LogP) is 2.69. The number of likely N-dealkylation sites (tertiary alicyclic amines) is 1. The van der Waals surface area contributed by atoms with Crippen LogP contribution >= 0.6 is 11.3 Å². The molecule has 2 aliphatic rings. The van der Waals surface area contributed by atoms with E-state index >= 15 is 0 Å². The summed E-state index contributed by atoms with van der Waals surface area (Å²) >= 11 is 1.51. The molecule has 0 aliphatic carbocycles. The highest BCUT2D eigenvalue weighted by Gasteiger charge is 2.26. The Bertz CT molecular complexity index is 789. The average molecular weight is 385 g/mol. The van der Waals surface area contributed by atoms with Crippen molar-refractivity contribution in [2.75, 3.05) is 26.2 Å². The van der Waals surface area contributed by atoms with Crippen LogP contribution in [0.2, 0.25) is 0 Å². The fourth-order valence-corrected chi connectivity index (χ4v) is 4.66. The topological polar surface area (TPSA) is 65.5 Å². The molecule has 0 saturated carbocycles. The summed E-state index contributed by atoms with van der Waals surface area (Å²) in [5.74, 6) is 0.0723. The Labute approximate surface area is 163 Å². The quantitative estimate of drug-likeness (QED) is 0.885. The van der Waals surface area contributed by atoms with Crippen LogP contribution in [0.15, 0.2) is 30.3 Å². The Morgan fingerprint density at radius 1 is 1.00 bits per heavy atom. The van der Waals surface area contributed by atoms with Crippen LogP contribution < -0.4 is 5.32 Å². The highest BCUT2D eigenvalue weighted by Crippen LogP contribution is 2.25. The standard InChI is InChI=1S/C20H24N4O2S/c25-19(23-10-4-5-11-23)18-22-16-8-12-24(13-9-17(16)27-18)20(26)21-14-15-6-2-1-3-7-15/h1-3,6-7H,4-5,8-14H2,(H,21,26). The van der Waals surface area contributed by atoms with Crippen molar-refractivity contribution in [1.29, 1.82) is 0 Å². The molecule has 1 N–H and O–H groups in total. The third kappa shape index (κ3) is 4.13. The average Bonchev–Trinajstić information content (AvgIpc) is 3.33. The normalized spacial score (nSPS) is 16.7. The number of carbonyl (C=O) groups excluding carboxylic acids is 2. The van der Waals surface area contributed by atoms with Crippen LogP contribution in [0.25, 0.3) is 0 Å². The van der Waals surface area contributed by atoms with E-state index in [1.807, 2.05) is 40.1 Å². The van der Waals surface area contributed by atoms with E-state index in [1.54, 1.807) is 0 Å². The molecular weight excluding hydrogens is 360 g/mol. The van der Waals surface area contributed by atoms with Gasteiger partial charge in [-0.2, -0.15) is 0 Å². The molecule has 7 heteroatoms. The smallest absolute Gasteiger partial charge is 0.317 e. The number of nitrogens with one attached hydrogen (secondary N) is 1. The van der Waals surface area contributed by atoms with Crippen molar-refractivity contribution in [3.05, 3.63) is 51.5 Å². The van der Waals surface area contributed by atoms with Gasteiger partial charge in [0.25, 0.3) is 5.91 Å². The molecule has 1 aromatic carbocycles.